The molecule has 0 atom stereocenters. The minimum atomic E-state index is 0.287. The Labute approximate surface area is 136 Å². The molecule has 1 saturated heterocycles. The number of hydrogen-bond acceptors (Lipinski definition) is 3. The molecule has 3 nitrogen and oxygen atoms in total. The van der Waals surface area contributed by atoms with Gasteiger partial charge in [-0.1, -0.05) is 12.1 Å². The summed E-state index contributed by atoms with van der Waals surface area (Å²) in [4.78, 5) is 16.7. The molecular weight excluding hydrogens is 292 g/mol. The molecule has 116 valence electrons. The lowest BCUT2D eigenvalue weighted by atomic mass is 10.1. The molecule has 1 aromatic heterocycles. The Hall–Kier alpha value is -1.81. The zero-order valence-electron chi connectivity index (χ0n) is 13.0. The van der Waals surface area contributed by atoms with Crippen LogP contribution in [0, 0.1) is 6.92 Å². The van der Waals surface area contributed by atoms with Gasteiger partial charge in [-0.05, 0) is 53.4 Å². The highest BCUT2D eigenvalue weighted by molar-refractivity contribution is 7.07. The Morgan fingerprint density at radius 3 is 2.68 bits per heavy atom. The summed E-state index contributed by atoms with van der Waals surface area (Å²) in [6.45, 7) is 5.63. The van der Waals surface area contributed by atoms with Crippen LogP contribution in [0.3, 0.4) is 0 Å². The number of aryl methyl sites for hydroxylation is 2. The molecule has 1 fully saturated rings. The third-order valence-corrected chi connectivity index (χ3v) is 4.94. The monoisotopic (exact) mass is 314 g/mol. The largest absolute Gasteiger partial charge is 0.368 e. The molecule has 3 rings (SSSR count). The molecule has 2 aromatic rings. The molecular formula is C18H22N2OS. The average molecular weight is 314 g/mol. The summed E-state index contributed by atoms with van der Waals surface area (Å²) in [5, 5.41) is 4.20. The number of rotatable bonds is 4. The van der Waals surface area contributed by atoms with Crippen molar-refractivity contribution in [3.8, 4) is 0 Å². The van der Waals surface area contributed by atoms with Crippen molar-refractivity contribution >= 4 is 22.9 Å². The molecule has 1 aromatic carbocycles. The molecule has 0 bridgehead atoms. The van der Waals surface area contributed by atoms with Crippen molar-refractivity contribution in [2.45, 2.75) is 19.8 Å². The number of thiophene rings is 1. The lowest BCUT2D eigenvalue weighted by molar-refractivity contribution is -0.131. The second kappa shape index (κ2) is 6.97. The van der Waals surface area contributed by atoms with Gasteiger partial charge < -0.3 is 9.80 Å². The molecule has 0 unspecified atom stereocenters. The summed E-state index contributed by atoms with van der Waals surface area (Å²) in [6, 6.07) is 10.7. The van der Waals surface area contributed by atoms with E-state index in [4.69, 9.17) is 0 Å². The molecule has 0 saturated carbocycles. The van der Waals surface area contributed by atoms with Gasteiger partial charge in [-0.2, -0.15) is 11.3 Å². The van der Waals surface area contributed by atoms with E-state index in [0.29, 0.717) is 6.42 Å². The molecule has 1 aliphatic rings. The maximum atomic E-state index is 12.3. The highest BCUT2D eigenvalue weighted by atomic mass is 32.1. The Balaban J connectivity index is 1.49. The van der Waals surface area contributed by atoms with Gasteiger partial charge in [0, 0.05) is 38.3 Å². The van der Waals surface area contributed by atoms with Crippen LogP contribution in [0.1, 0.15) is 17.5 Å². The minimum Gasteiger partial charge on any atom is -0.368 e. The number of nitrogens with zero attached hydrogens (tertiary/aromatic N) is 2. The van der Waals surface area contributed by atoms with Gasteiger partial charge in [0.1, 0.15) is 0 Å². The van der Waals surface area contributed by atoms with E-state index in [9.17, 15) is 4.79 Å². The Bertz CT molecular complexity index is 616. The summed E-state index contributed by atoms with van der Waals surface area (Å²) >= 11 is 1.69. The zero-order chi connectivity index (χ0) is 15.4. The van der Waals surface area contributed by atoms with Crippen molar-refractivity contribution in [3.05, 3.63) is 52.2 Å². The van der Waals surface area contributed by atoms with Crippen LogP contribution in [-0.4, -0.2) is 37.0 Å². The quantitative estimate of drug-likeness (QED) is 0.864. The van der Waals surface area contributed by atoms with Crippen LogP contribution in [0.2, 0.25) is 0 Å². The van der Waals surface area contributed by atoms with Gasteiger partial charge in [0.15, 0.2) is 0 Å². The first-order valence-electron chi connectivity index (χ1n) is 7.83. The first-order chi connectivity index (χ1) is 10.7. The van der Waals surface area contributed by atoms with Crippen LogP contribution in [-0.2, 0) is 11.2 Å². The second-order valence-corrected chi connectivity index (χ2v) is 6.62. The molecule has 2 heterocycles. The van der Waals surface area contributed by atoms with Crippen molar-refractivity contribution in [2.75, 3.05) is 31.1 Å². The summed E-state index contributed by atoms with van der Waals surface area (Å²) in [5.41, 5.74) is 3.83. The number of amides is 1. The SMILES string of the molecule is Cc1cccc(N2CCN(C(=O)CCc3ccsc3)CC2)c1. The molecule has 22 heavy (non-hydrogen) atoms. The number of carbonyl (C=O) groups is 1. The molecule has 0 aliphatic carbocycles. The van der Waals surface area contributed by atoms with Gasteiger partial charge in [-0.15, -0.1) is 0 Å². The Morgan fingerprint density at radius 1 is 1.18 bits per heavy atom. The average Bonchev–Trinajstić information content (AvgIpc) is 3.06. The Morgan fingerprint density at radius 2 is 2.00 bits per heavy atom. The minimum absolute atomic E-state index is 0.287. The third kappa shape index (κ3) is 3.69. The first-order valence-corrected chi connectivity index (χ1v) is 8.77. The molecule has 0 radical (unpaired) electrons. The summed E-state index contributed by atoms with van der Waals surface area (Å²) < 4.78 is 0. The van der Waals surface area contributed by atoms with Gasteiger partial charge in [0.05, 0.1) is 0 Å². The van der Waals surface area contributed by atoms with E-state index in [1.807, 2.05) is 4.90 Å². The molecule has 1 aliphatic heterocycles. The van der Waals surface area contributed by atoms with Gasteiger partial charge >= 0.3 is 0 Å². The zero-order valence-corrected chi connectivity index (χ0v) is 13.8. The topological polar surface area (TPSA) is 23.6 Å². The predicted octanol–water partition coefficient (Wildman–Crippen LogP) is 3.34. The second-order valence-electron chi connectivity index (χ2n) is 5.84. The van der Waals surface area contributed by atoms with E-state index in [0.717, 1.165) is 32.6 Å². The van der Waals surface area contributed by atoms with Crippen molar-refractivity contribution in [3.63, 3.8) is 0 Å². The third-order valence-electron chi connectivity index (χ3n) is 4.21. The van der Waals surface area contributed by atoms with E-state index in [2.05, 4.69) is 52.9 Å². The lowest BCUT2D eigenvalue weighted by Crippen LogP contribution is -2.48. The van der Waals surface area contributed by atoms with Gasteiger partial charge in [-0.3, -0.25) is 4.79 Å². The fraction of sp³-hybridized carbons (Fsp3) is 0.389. The highest BCUT2D eigenvalue weighted by Crippen LogP contribution is 2.18. The van der Waals surface area contributed by atoms with Gasteiger partial charge in [-0.25, -0.2) is 0 Å². The molecule has 0 spiro atoms. The maximum Gasteiger partial charge on any atom is 0.223 e. The van der Waals surface area contributed by atoms with Crippen LogP contribution in [0.15, 0.2) is 41.1 Å². The van der Waals surface area contributed by atoms with E-state index >= 15 is 0 Å². The van der Waals surface area contributed by atoms with Crippen molar-refractivity contribution in [2.24, 2.45) is 0 Å². The summed E-state index contributed by atoms with van der Waals surface area (Å²) in [6.07, 6.45) is 1.49. The van der Waals surface area contributed by atoms with E-state index < -0.39 is 0 Å². The fourth-order valence-corrected chi connectivity index (χ4v) is 3.59. The van der Waals surface area contributed by atoms with Crippen molar-refractivity contribution in [1.29, 1.82) is 0 Å². The van der Waals surface area contributed by atoms with E-state index in [1.165, 1.54) is 16.8 Å². The summed E-state index contributed by atoms with van der Waals surface area (Å²) in [7, 11) is 0. The lowest BCUT2D eigenvalue weighted by Gasteiger charge is -2.36. The smallest absolute Gasteiger partial charge is 0.223 e. The number of carbonyl (C=O) groups excluding carboxylic acids is 1. The van der Waals surface area contributed by atoms with Crippen LogP contribution < -0.4 is 4.90 Å². The van der Waals surface area contributed by atoms with Gasteiger partial charge in [0.2, 0.25) is 5.91 Å². The predicted molar refractivity (Wildman–Crippen MR) is 92.6 cm³/mol. The number of anilines is 1. The highest BCUT2D eigenvalue weighted by Gasteiger charge is 2.21. The number of piperazine rings is 1. The normalized spacial score (nSPS) is 15.1. The van der Waals surface area contributed by atoms with Crippen LogP contribution >= 0.6 is 11.3 Å². The van der Waals surface area contributed by atoms with E-state index in [-0.39, 0.29) is 5.91 Å². The first kappa shape index (κ1) is 15.1. The fourth-order valence-electron chi connectivity index (χ4n) is 2.88. The maximum absolute atomic E-state index is 12.3. The van der Waals surface area contributed by atoms with E-state index in [1.54, 1.807) is 11.3 Å². The number of hydrogen-bond donors (Lipinski definition) is 0. The van der Waals surface area contributed by atoms with Crippen molar-refractivity contribution in [1.82, 2.24) is 4.90 Å². The number of benzene rings is 1. The Kier molecular flexibility index (Phi) is 4.78. The van der Waals surface area contributed by atoms with Crippen LogP contribution in [0.5, 0.6) is 0 Å². The van der Waals surface area contributed by atoms with Crippen LogP contribution in [0.4, 0.5) is 5.69 Å². The van der Waals surface area contributed by atoms with Crippen LogP contribution in [0.25, 0.3) is 0 Å². The molecule has 4 heteroatoms. The van der Waals surface area contributed by atoms with Gasteiger partial charge in [0.25, 0.3) is 0 Å². The molecule has 1 amide bonds. The molecule has 0 N–H and O–H groups in total. The van der Waals surface area contributed by atoms with Crippen molar-refractivity contribution < 1.29 is 4.79 Å². The standard InChI is InChI=1S/C18H22N2OS/c1-15-3-2-4-17(13-15)19-8-10-20(11-9-19)18(21)6-5-16-7-12-22-14-16/h2-4,7,12-14H,5-6,8-11H2,1H3. The summed E-state index contributed by atoms with van der Waals surface area (Å²) in [5.74, 6) is 0.287.